The number of rotatable bonds is 6. The van der Waals surface area contributed by atoms with Crippen molar-refractivity contribution in [3.05, 3.63) is 79.2 Å². The summed E-state index contributed by atoms with van der Waals surface area (Å²) in [5.74, 6) is -0.329. The second-order valence-electron chi connectivity index (χ2n) is 8.50. The van der Waals surface area contributed by atoms with Gasteiger partial charge in [0, 0.05) is 36.4 Å². The number of hydrogen-bond donors (Lipinski definition) is 1. The van der Waals surface area contributed by atoms with Crippen LogP contribution in [-0.4, -0.2) is 49.6 Å². The predicted molar refractivity (Wildman–Crippen MR) is 131 cm³/mol. The molecule has 0 radical (unpaired) electrons. The van der Waals surface area contributed by atoms with Gasteiger partial charge >= 0.3 is 0 Å². The summed E-state index contributed by atoms with van der Waals surface area (Å²) in [6.07, 6.45) is 8.46. The van der Waals surface area contributed by atoms with Crippen LogP contribution in [0.5, 0.6) is 11.5 Å². The fourth-order valence-corrected chi connectivity index (χ4v) is 4.43. The van der Waals surface area contributed by atoms with Crippen molar-refractivity contribution in [2.24, 2.45) is 5.73 Å². The molecule has 36 heavy (non-hydrogen) atoms. The molecule has 182 valence electrons. The summed E-state index contributed by atoms with van der Waals surface area (Å²) < 4.78 is 22.4. The number of amides is 2. The Morgan fingerprint density at radius 2 is 1.89 bits per heavy atom. The molecule has 0 spiro atoms. The van der Waals surface area contributed by atoms with Gasteiger partial charge in [0.2, 0.25) is 11.8 Å². The number of nitrogens with zero attached hydrogens (tertiary/aromatic N) is 5. The Kier molecular flexibility index (Phi) is 6.16. The summed E-state index contributed by atoms with van der Waals surface area (Å²) in [5, 5.41) is 5.36. The highest BCUT2D eigenvalue weighted by Gasteiger charge is 2.27. The molecule has 0 aliphatic carbocycles. The van der Waals surface area contributed by atoms with Gasteiger partial charge in [-0.15, -0.1) is 0 Å². The second-order valence-corrected chi connectivity index (χ2v) is 8.50. The van der Waals surface area contributed by atoms with Gasteiger partial charge in [0.25, 0.3) is 0 Å². The lowest BCUT2D eigenvalue weighted by molar-refractivity contribution is -0.127. The molecule has 1 aliphatic rings. The molecule has 5 rings (SSSR count). The number of pyridine rings is 2. The third kappa shape index (κ3) is 4.40. The minimum absolute atomic E-state index is 0.148. The predicted octanol–water partition coefficient (Wildman–Crippen LogP) is 3.87. The van der Waals surface area contributed by atoms with Crippen molar-refractivity contribution in [2.75, 3.05) is 13.1 Å². The molecule has 0 saturated carbocycles. The van der Waals surface area contributed by atoms with Crippen molar-refractivity contribution >= 4 is 22.7 Å². The summed E-state index contributed by atoms with van der Waals surface area (Å²) in [6.45, 7) is 4.63. The SMILES string of the molecule is C=CC(=O)N1CCC[C@@H](n2nc(-c3ccc(Oc4cncc(C(N)=O)c4)cc3)c3cncc(F)c32)C1. The van der Waals surface area contributed by atoms with E-state index in [9.17, 15) is 14.0 Å². The number of nitrogens with two attached hydrogens (primary N) is 1. The van der Waals surface area contributed by atoms with E-state index in [0.717, 1.165) is 18.4 Å². The Hall–Kier alpha value is -4.60. The van der Waals surface area contributed by atoms with Gasteiger partial charge < -0.3 is 15.4 Å². The van der Waals surface area contributed by atoms with E-state index in [2.05, 4.69) is 16.5 Å². The van der Waals surface area contributed by atoms with Crippen LogP contribution in [-0.2, 0) is 4.79 Å². The number of piperidine rings is 1. The molecule has 0 unspecified atom stereocenters. The molecule has 4 aromatic rings. The molecular weight excluding hydrogens is 463 g/mol. The van der Waals surface area contributed by atoms with Gasteiger partial charge in [-0.3, -0.25) is 24.2 Å². The van der Waals surface area contributed by atoms with Crippen LogP contribution in [0.15, 0.2) is 67.8 Å². The molecular formula is C26H23FN6O3. The van der Waals surface area contributed by atoms with Crippen LogP contribution in [0.4, 0.5) is 4.39 Å². The molecule has 2 N–H and O–H groups in total. The van der Waals surface area contributed by atoms with Crippen LogP contribution in [0.3, 0.4) is 0 Å². The second kappa shape index (κ2) is 9.57. The van der Waals surface area contributed by atoms with Gasteiger partial charge in [-0.25, -0.2) is 4.39 Å². The van der Waals surface area contributed by atoms with Gasteiger partial charge in [0.1, 0.15) is 22.7 Å². The van der Waals surface area contributed by atoms with Crippen LogP contribution in [0.1, 0.15) is 29.2 Å². The zero-order chi connectivity index (χ0) is 25.2. The number of carbonyl (C=O) groups is 2. The van der Waals surface area contributed by atoms with E-state index in [1.54, 1.807) is 27.9 Å². The smallest absolute Gasteiger partial charge is 0.250 e. The molecule has 1 aliphatic heterocycles. The molecule has 4 heterocycles. The quantitative estimate of drug-likeness (QED) is 0.414. The maximum atomic E-state index is 15.0. The summed E-state index contributed by atoms with van der Waals surface area (Å²) in [4.78, 5) is 33.3. The largest absolute Gasteiger partial charge is 0.456 e. The van der Waals surface area contributed by atoms with Gasteiger partial charge in [0.05, 0.1) is 24.0 Å². The Labute approximate surface area is 206 Å². The summed E-state index contributed by atoms with van der Waals surface area (Å²) >= 11 is 0. The van der Waals surface area contributed by atoms with Crippen molar-refractivity contribution in [2.45, 2.75) is 18.9 Å². The molecule has 9 nitrogen and oxygen atoms in total. The van der Waals surface area contributed by atoms with Crippen molar-refractivity contribution in [1.82, 2.24) is 24.6 Å². The Balaban J connectivity index is 1.47. The van der Waals surface area contributed by atoms with Crippen LogP contribution in [0.2, 0.25) is 0 Å². The minimum Gasteiger partial charge on any atom is -0.456 e. The molecule has 2 amide bonds. The van der Waals surface area contributed by atoms with Crippen molar-refractivity contribution in [3.63, 3.8) is 0 Å². The van der Waals surface area contributed by atoms with Crippen LogP contribution in [0.25, 0.3) is 22.2 Å². The zero-order valence-electron chi connectivity index (χ0n) is 19.3. The standard InChI is InChI=1S/C26H23FN6O3/c1-2-23(34)32-9-3-4-18(15-32)33-25-21(13-30-14-22(25)27)24(31-33)16-5-7-19(8-6-16)36-20-10-17(26(28)35)11-29-12-20/h2,5-8,10-14,18H,1,3-4,9,15H2,(H2,28,35)/t18-/m1/s1. The first-order valence-corrected chi connectivity index (χ1v) is 11.4. The number of likely N-dealkylation sites (tertiary alicyclic amines) is 1. The van der Waals surface area contributed by atoms with E-state index in [1.807, 2.05) is 12.1 Å². The Morgan fingerprint density at radius 3 is 2.64 bits per heavy atom. The van der Waals surface area contributed by atoms with E-state index < -0.39 is 11.7 Å². The average molecular weight is 487 g/mol. The molecule has 0 bridgehead atoms. The van der Waals surface area contributed by atoms with Crippen LogP contribution in [0, 0.1) is 5.82 Å². The first-order valence-electron chi connectivity index (χ1n) is 11.4. The highest BCUT2D eigenvalue weighted by Crippen LogP contribution is 2.34. The normalized spacial score (nSPS) is 15.6. The first kappa shape index (κ1) is 23.2. The fraction of sp³-hybridized carbons (Fsp3) is 0.192. The van der Waals surface area contributed by atoms with E-state index in [0.29, 0.717) is 41.2 Å². The number of aromatic nitrogens is 4. The average Bonchev–Trinajstić information content (AvgIpc) is 3.30. The Morgan fingerprint density at radius 1 is 1.11 bits per heavy atom. The highest BCUT2D eigenvalue weighted by atomic mass is 19.1. The van der Waals surface area contributed by atoms with Crippen molar-refractivity contribution in [3.8, 4) is 22.8 Å². The third-order valence-corrected chi connectivity index (χ3v) is 6.15. The fourth-order valence-electron chi connectivity index (χ4n) is 4.43. The van der Waals surface area contributed by atoms with Crippen molar-refractivity contribution in [1.29, 1.82) is 0 Å². The number of benzene rings is 1. The third-order valence-electron chi connectivity index (χ3n) is 6.15. The maximum Gasteiger partial charge on any atom is 0.250 e. The minimum atomic E-state index is -0.596. The number of halogens is 1. The molecule has 10 heteroatoms. The number of fused-ring (bicyclic) bond motifs is 1. The van der Waals surface area contributed by atoms with Gasteiger partial charge in [-0.1, -0.05) is 6.58 Å². The molecule has 1 saturated heterocycles. The van der Waals surface area contributed by atoms with E-state index in [4.69, 9.17) is 15.6 Å². The molecule has 3 aromatic heterocycles. The van der Waals surface area contributed by atoms with E-state index in [-0.39, 0.29) is 17.5 Å². The lowest BCUT2D eigenvalue weighted by atomic mass is 10.1. The van der Waals surface area contributed by atoms with Gasteiger partial charge in [0.15, 0.2) is 5.82 Å². The molecule has 1 aromatic carbocycles. The molecule has 1 atom stereocenters. The Bertz CT molecular complexity index is 1470. The number of carbonyl (C=O) groups excluding carboxylic acids is 2. The highest BCUT2D eigenvalue weighted by molar-refractivity contribution is 5.93. The van der Waals surface area contributed by atoms with Gasteiger partial charge in [-0.05, 0) is 49.2 Å². The van der Waals surface area contributed by atoms with Gasteiger partial charge in [-0.2, -0.15) is 5.10 Å². The zero-order valence-corrected chi connectivity index (χ0v) is 19.3. The summed E-state index contributed by atoms with van der Waals surface area (Å²) in [6, 6.07) is 8.45. The van der Waals surface area contributed by atoms with E-state index in [1.165, 1.54) is 30.7 Å². The number of ether oxygens (including phenoxy) is 1. The topological polar surface area (TPSA) is 116 Å². The number of primary amides is 1. The monoisotopic (exact) mass is 486 g/mol. The number of hydrogen-bond acceptors (Lipinski definition) is 6. The molecule has 1 fully saturated rings. The van der Waals surface area contributed by atoms with Crippen molar-refractivity contribution < 1.29 is 18.7 Å². The van der Waals surface area contributed by atoms with Crippen LogP contribution >= 0.6 is 0 Å². The first-order chi connectivity index (χ1) is 17.4. The lowest BCUT2D eigenvalue weighted by Crippen LogP contribution is -2.40. The van der Waals surface area contributed by atoms with E-state index >= 15 is 0 Å². The summed E-state index contributed by atoms with van der Waals surface area (Å²) in [5.41, 5.74) is 7.22. The summed E-state index contributed by atoms with van der Waals surface area (Å²) in [7, 11) is 0. The maximum absolute atomic E-state index is 15.0. The van der Waals surface area contributed by atoms with Crippen LogP contribution < -0.4 is 10.5 Å². The lowest BCUT2D eigenvalue weighted by Gasteiger charge is -2.32.